The zero-order valence-electron chi connectivity index (χ0n) is 36.8. The van der Waals surface area contributed by atoms with Crippen LogP contribution in [0.3, 0.4) is 0 Å². The minimum Gasteiger partial charge on any atom is -0.313 e. The molecule has 0 saturated heterocycles. The summed E-state index contributed by atoms with van der Waals surface area (Å²) >= 11 is 0. The maximum absolute atomic E-state index is 2.60. The molecule has 0 atom stereocenters. The van der Waals surface area contributed by atoms with Crippen molar-refractivity contribution in [2.75, 3.05) is 9.80 Å². The van der Waals surface area contributed by atoms with Gasteiger partial charge < -0.3 is 9.80 Å². The van der Waals surface area contributed by atoms with E-state index >= 15 is 0 Å². The predicted octanol–water partition coefficient (Wildman–Crippen LogP) is 17.7. The zero-order chi connectivity index (χ0) is 42.5. The molecule has 0 unspecified atom stereocenters. The number of rotatable bonds is 10. The number of benzene rings is 9. The van der Waals surface area contributed by atoms with Crippen molar-refractivity contribution in [3.05, 3.63) is 210 Å². The van der Waals surface area contributed by atoms with E-state index in [1.807, 2.05) is 0 Å². The van der Waals surface area contributed by atoms with Gasteiger partial charge in [-0.05, 0) is 136 Å². The Labute approximate surface area is 367 Å². The highest BCUT2D eigenvalue weighted by atomic mass is 15.2. The summed E-state index contributed by atoms with van der Waals surface area (Å²) in [5, 5.41) is 7.63. The number of nitrogens with zero attached hydrogens (tertiary/aromatic N) is 2. The molecule has 9 aromatic rings. The normalized spacial score (nSPS) is 13.0. The molecule has 0 radical (unpaired) electrons. The van der Waals surface area contributed by atoms with Crippen LogP contribution in [0.5, 0.6) is 0 Å². The molecule has 0 amide bonds. The summed E-state index contributed by atoms with van der Waals surface area (Å²) in [6.07, 6.45) is 6.71. The molecule has 2 heteroatoms. The van der Waals surface area contributed by atoms with Gasteiger partial charge in [-0.25, -0.2) is 0 Å². The molecule has 62 heavy (non-hydrogen) atoms. The molecule has 0 saturated carbocycles. The van der Waals surface area contributed by atoms with E-state index in [1.54, 1.807) is 0 Å². The van der Waals surface area contributed by atoms with Crippen LogP contribution in [-0.4, -0.2) is 0 Å². The van der Waals surface area contributed by atoms with Gasteiger partial charge in [-0.2, -0.15) is 0 Å². The van der Waals surface area contributed by atoms with Gasteiger partial charge in [0.2, 0.25) is 0 Å². The van der Waals surface area contributed by atoms with Crippen LogP contribution >= 0.6 is 0 Å². The largest absolute Gasteiger partial charge is 0.313 e. The van der Waals surface area contributed by atoms with Crippen molar-refractivity contribution in [2.45, 2.75) is 66.2 Å². The van der Waals surface area contributed by atoms with Crippen LogP contribution < -0.4 is 9.80 Å². The van der Waals surface area contributed by atoms with Crippen molar-refractivity contribution in [3.8, 4) is 22.3 Å². The van der Waals surface area contributed by atoms with Crippen LogP contribution in [0.4, 0.5) is 28.4 Å². The minimum atomic E-state index is 0.319. The lowest BCUT2D eigenvalue weighted by Gasteiger charge is -2.34. The van der Waals surface area contributed by atoms with Crippen LogP contribution in [0.15, 0.2) is 193 Å². The van der Waals surface area contributed by atoms with E-state index in [0.717, 1.165) is 18.5 Å². The van der Waals surface area contributed by atoms with Crippen LogP contribution in [0, 0.1) is 6.92 Å². The Balaban J connectivity index is 1.24. The molecule has 0 spiro atoms. The first-order valence-corrected chi connectivity index (χ1v) is 22.4. The lowest BCUT2D eigenvalue weighted by atomic mass is 9.90. The summed E-state index contributed by atoms with van der Waals surface area (Å²) < 4.78 is 0. The van der Waals surface area contributed by atoms with Crippen molar-refractivity contribution in [1.82, 2.24) is 0 Å². The van der Waals surface area contributed by atoms with Gasteiger partial charge in [0.05, 0.1) is 17.1 Å². The first kappa shape index (κ1) is 39.2. The number of anilines is 5. The Hall–Kier alpha value is -6.90. The monoisotopic (exact) mass is 802 g/mol. The fourth-order valence-corrected chi connectivity index (χ4v) is 9.69. The van der Waals surface area contributed by atoms with Crippen molar-refractivity contribution >= 4 is 60.8 Å². The van der Waals surface area contributed by atoms with E-state index in [4.69, 9.17) is 0 Å². The molecule has 304 valence electrons. The van der Waals surface area contributed by atoms with Crippen LogP contribution in [0.1, 0.15) is 76.0 Å². The summed E-state index contributed by atoms with van der Waals surface area (Å²) in [4.78, 5) is 5.12. The third kappa shape index (κ3) is 7.04. The molecular formula is C60H54N2. The molecule has 0 bridgehead atoms. The second-order valence-corrected chi connectivity index (χ2v) is 17.9. The highest BCUT2D eigenvalue weighted by Gasteiger charge is 2.26. The maximum Gasteiger partial charge on any atom is 0.0540 e. The lowest BCUT2D eigenvalue weighted by Crippen LogP contribution is -2.20. The number of allylic oxidation sites excluding steroid dienone is 4. The quantitative estimate of drug-likeness (QED) is 0.127. The lowest BCUT2D eigenvalue weighted by molar-refractivity contribution is 0.843. The van der Waals surface area contributed by atoms with Crippen LogP contribution in [-0.2, 0) is 0 Å². The van der Waals surface area contributed by atoms with E-state index in [1.165, 1.54) is 105 Å². The third-order valence-electron chi connectivity index (χ3n) is 13.0. The molecule has 0 N–H and O–H groups in total. The van der Waals surface area contributed by atoms with Gasteiger partial charge in [0.25, 0.3) is 0 Å². The molecule has 2 nitrogen and oxygen atoms in total. The van der Waals surface area contributed by atoms with E-state index < -0.39 is 0 Å². The molecule has 9 aromatic carbocycles. The molecule has 1 aliphatic carbocycles. The van der Waals surface area contributed by atoms with E-state index in [9.17, 15) is 0 Å². The van der Waals surface area contributed by atoms with Gasteiger partial charge in [-0.3, -0.25) is 0 Å². The van der Waals surface area contributed by atoms with E-state index in [-0.39, 0.29) is 0 Å². The summed E-state index contributed by atoms with van der Waals surface area (Å²) in [5.74, 6) is 0.657. The minimum absolute atomic E-state index is 0.319. The summed E-state index contributed by atoms with van der Waals surface area (Å²) in [6, 6.07) is 63.6. The fraction of sp³-hybridized carbons (Fsp3) is 0.167. The predicted molar refractivity (Wildman–Crippen MR) is 268 cm³/mol. The summed E-state index contributed by atoms with van der Waals surface area (Å²) in [5.41, 5.74) is 17.6. The topological polar surface area (TPSA) is 6.48 Å². The second kappa shape index (κ2) is 16.2. The van der Waals surface area contributed by atoms with Crippen LogP contribution in [0.25, 0.3) is 54.6 Å². The first-order valence-electron chi connectivity index (χ1n) is 22.4. The molecular weight excluding hydrogens is 749 g/mol. The molecule has 1 aliphatic rings. The Kier molecular flexibility index (Phi) is 10.2. The average molecular weight is 803 g/mol. The summed E-state index contributed by atoms with van der Waals surface area (Å²) in [7, 11) is 0. The molecule has 0 aliphatic heterocycles. The molecule has 10 rings (SSSR count). The van der Waals surface area contributed by atoms with Gasteiger partial charge in [0.15, 0.2) is 0 Å². The van der Waals surface area contributed by atoms with Crippen molar-refractivity contribution in [3.63, 3.8) is 0 Å². The number of hydrogen-bond donors (Lipinski definition) is 0. The van der Waals surface area contributed by atoms with Crippen molar-refractivity contribution in [1.29, 1.82) is 0 Å². The maximum atomic E-state index is 2.60. The molecule has 0 heterocycles. The third-order valence-corrected chi connectivity index (χ3v) is 13.0. The standard InChI is InChI=1S/C60H54N2/c1-39(2)51-31-23-47(43-13-9-7-10-14-43)37-57(51)61(49-27-17-41(5)18-28-49)55-35-25-45-22-34-54-56(36-26-46-21-33-53(55)59(45)60(46)54)62(50-29-19-42(6)20-30-50)58-38-48(24-32-52(58)40(3)4)44-15-11-8-12-16-44/h7-19,21-29,31-40H,20,30H2,1-6H3. The summed E-state index contributed by atoms with van der Waals surface area (Å²) in [6.45, 7) is 13.7. The smallest absolute Gasteiger partial charge is 0.0540 e. The van der Waals surface area contributed by atoms with Gasteiger partial charge in [-0.1, -0.05) is 178 Å². The van der Waals surface area contributed by atoms with Crippen LogP contribution in [0.2, 0.25) is 0 Å². The van der Waals surface area contributed by atoms with Gasteiger partial charge in [0.1, 0.15) is 0 Å². The van der Waals surface area contributed by atoms with Crippen molar-refractivity contribution in [2.24, 2.45) is 0 Å². The Morgan fingerprint density at radius 2 is 0.887 bits per heavy atom. The van der Waals surface area contributed by atoms with Gasteiger partial charge in [0, 0.05) is 27.8 Å². The second-order valence-electron chi connectivity index (χ2n) is 17.9. The van der Waals surface area contributed by atoms with Crippen molar-refractivity contribution < 1.29 is 0 Å². The average Bonchev–Trinajstić information content (AvgIpc) is 3.30. The SMILES string of the molecule is CC1=CC=C(N(c2cc(-c3ccccc3)ccc2C(C)C)c2ccc3ccc4c(N(c5ccc(C)cc5)c5cc(-c6ccccc6)ccc5C(C)C)ccc5ccc2c3c54)CC1. The number of aryl methyl sites for hydroxylation is 1. The van der Waals surface area contributed by atoms with Gasteiger partial charge in [-0.15, -0.1) is 0 Å². The Morgan fingerprint density at radius 3 is 1.37 bits per heavy atom. The number of hydrogen-bond acceptors (Lipinski definition) is 2. The van der Waals surface area contributed by atoms with E-state index in [2.05, 4.69) is 233 Å². The zero-order valence-corrected chi connectivity index (χ0v) is 36.8. The van der Waals surface area contributed by atoms with Gasteiger partial charge >= 0.3 is 0 Å². The fourth-order valence-electron chi connectivity index (χ4n) is 9.69. The molecule has 0 fully saturated rings. The highest BCUT2D eigenvalue weighted by Crippen LogP contribution is 2.50. The van der Waals surface area contributed by atoms with E-state index in [0.29, 0.717) is 11.8 Å². The Bertz CT molecular complexity index is 3130. The Morgan fingerprint density at radius 1 is 0.403 bits per heavy atom. The molecule has 0 aromatic heterocycles. The first-order chi connectivity index (χ1) is 30.2. The highest BCUT2D eigenvalue weighted by molar-refractivity contribution is 6.28.